The predicted molar refractivity (Wildman–Crippen MR) is 157 cm³/mol. The summed E-state index contributed by atoms with van der Waals surface area (Å²) in [5.74, 6) is -0.891. The Morgan fingerprint density at radius 2 is 1.71 bits per heavy atom. The van der Waals surface area contributed by atoms with Gasteiger partial charge in [-0.3, -0.25) is 14.4 Å². The molecule has 0 saturated carbocycles. The van der Waals surface area contributed by atoms with Crippen molar-refractivity contribution < 1.29 is 28.2 Å². The van der Waals surface area contributed by atoms with Crippen molar-refractivity contribution in [3.8, 4) is 11.5 Å². The minimum absolute atomic E-state index is 0.0503. The van der Waals surface area contributed by atoms with Crippen LogP contribution in [0.1, 0.15) is 30.9 Å². The Morgan fingerprint density at radius 3 is 2.41 bits per heavy atom. The molecule has 3 aromatic rings. The maximum absolute atomic E-state index is 13.1. The number of hydrogen-bond donors (Lipinski definition) is 3. The van der Waals surface area contributed by atoms with Crippen molar-refractivity contribution in [2.24, 2.45) is 5.10 Å². The summed E-state index contributed by atoms with van der Waals surface area (Å²) < 4.78 is 24.7. The molecule has 0 heterocycles. The molecule has 0 spiro atoms. The van der Waals surface area contributed by atoms with E-state index in [2.05, 4.69) is 27.7 Å². The van der Waals surface area contributed by atoms with Crippen molar-refractivity contribution in [2.45, 2.75) is 26.2 Å². The van der Waals surface area contributed by atoms with Gasteiger partial charge in [-0.25, -0.2) is 9.82 Å². The summed E-state index contributed by atoms with van der Waals surface area (Å²) in [4.78, 5) is 36.7. The molecule has 0 radical (unpaired) electrons. The zero-order chi connectivity index (χ0) is 29.6. The summed E-state index contributed by atoms with van der Waals surface area (Å²) in [7, 11) is 0. The lowest BCUT2D eigenvalue weighted by molar-refractivity contribution is -0.124. The molecular weight excluding hydrogens is 551 g/mol. The van der Waals surface area contributed by atoms with Crippen LogP contribution in [0.4, 0.5) is 15.8 Å². The summed E-state index contributed by atoms with van der Waals surface area (Å²) in [5, 5.41) is 9.69. The van der Waals surface area contributed by atoms with Crippen LogP contribution in [0.25, 0.3) is 0 Å². The van der Waals surface area contributed by atoms with Crippen LogP contribution in [0, 0.1) is 5.82 Å². The SMILES string of the molecule is C=CCc1cc(C=NNC(=O)CCC(=O)Nc2ccccc2Cl)cc(OCC)c1OCC(=O)Nc1ccc(F)cc1. The van der Waals surface area contributed by atoms with Gasteiger partial charge in [-0.15, -0.1) is 6.58 Å². The molecule has 3 amide bonds. The number of nitrogens with zero attached hydrogens (tertiary/aromatic N) is 1. The summed E-state index contributed by atoms with van der Waals surface area (Å²) in [5.41, 5.74) is 4.60. The molecule has 214 valence electrons. The minimum atomic E-state index is -0.445. The summed E-state index contributed by atoms with van der Waals surface area (Å²) in [6, 6.07) is 15.6. The van der Waals surface area contributed by atoms with Gasteiger partial charge in [-0.05, 0) is 67.4 Å². The number of carbonyl (C=O) groups excluding carboxylic acids is 3. The molecule has 0 bridgehead atoms. The van der Waals surface area contributed by atoms with Crippen LogP contribution in [0.15, 0.2) is 78.4 Å². The highest BCUT2D eigenvalue weighted by atomic mass is 35.5. The first-order valence-electron chi connectivity index (χ1n) is 12.7. The molecule has 3 N–H and O–H groups in total. The van der Waals surface area contributed by atoms with Crippen molar-refractivity contribution in [2.75, 3.05) is 23.8 Å². The van der Waals surface area contributed by atoms with E-state index in [-0.39, 0.29) is 25.4 Å². The zero-order valence-corrected chi connectivity index (χ0v) is 23.2. The number of carbonyl (C=O) groups is 3. The van der Waals surface area contributed by atoms with Crippen LogP contribution in [0.2, 0.25) is 5.02 Å². The van der Waals surface area contributed by atoms with Crippen molar-refractivity contribution in [1.82, 2.24) is 5.43 Å². The Labute approximate surface area is 242 Å². The number of halogens is 2. The summed E-state index contributed by atoms with van der Waals surface area (Å²) >= 11 is 6.03. The van der Waals surface area contributed by atoms with Gasteiger partial charge in [0.15, 0.2) is 18.1 Å². The fraction of sp³-hybridized carbons (Fsp3) is 0.200. The van der Waals surface area contributed by atoms with Gasteiger partial charge >= 0.3 is 0 Å². The van der Waals surface area contributed by atoms with Crippen LogP contribution < -0.4 is 25.5 Å². The van der Waals surface area contributed by atoms with Gasteiger partial charge < -0.3 is 20.1 Å². The van der Waals surface area contributed by atoms with Crippen LogP contribution in [-0.4, -0.2) is 37.1 Å². The fourth-order valence-electron chi connectivity index (χ4n) is 3.60. The first-order chi connectivity index (χ1) is 19.8. The first-order valence-corrected chi connectivity index (χ1v) is 13.1. The molecule has 0 atom stereocenters. The third kappa shape index (κ3) is 10.1. The second-order valence-electron chi connectivity index (χ2n) is 8.60. The number of ether oxygens (including phenoxy) is 2. The Hall–Kier alpha value is -4.70. The number of hydrazone groups is 1. The van der Waals surface area contributed by atoms with E-state index in [9.17, 15) is 18.8 Å². The van der Waals surface area contributed by atoms with Crippen molar-refractivity contribution in [1.29, 1.82) is 0 Å². The van der Waals surface area contributed by atoms with Gasteiger partial charge in [0.05, 0.1) is 23.5 Å². The van der Waals surface area contributed by atoms with Crippen molar-refractivity contribution in [3.05, 3.63) is 95.3 Å². The van der Waals surface area contributed by atoms with Crippen LogP contribution in [-0.2, 0) is 20.8 Å². The van der Waals surface area contributed by atoms with Crippen molar-refractivity contribution in [3.63, 3.8) is 0 Å². The average molecular weight is 581 g/mol. The number of rotatable bonds is 14. The van der Waals surface area contributed by atoms with E-state index in [0.29, 0.717) is 52.1 Å². The molecule has 3 aromatic carbocycles. The lowest BCUT2D eigenvalue weighted by atomic mass is 10.1. The van der Waals surface area contributed by atoms with Gasteiger partial charge in [0.1, 0.15) is 5.82 Å². The quantitative estimate of drug-likeness (QED) is 0.132. The molecule has 0 aliphatic rings. The Bertz CT molecular complexity index is 1410. The maximum Gasteiger partial charge on any atom is 0.262 e. The number of nitrogens with one attached hydrogen (secondary N) is 3. The van der Waals surface area contributed by atoms with Crippen LogP contribution >= 0.6 is 11.6 Å². The smallest absolute Gasteiger partial charge is 0.262 e. The Balaban J connectivity index is 1.60. The van der Waals surface area contributed by atoms with E-state index in [4.69, 9.17) is 21.1 Å². The molecule has 0 aromatic heterocycles. The molecule has 0 aliphatic heterocycles. The van der Waals surface area contributed by atoms with Gasteiger partial charge in [0.2, 0.25) is 11.8 Å². The van der Waals surface area contributed by atoms with E-state index in [0.717, 1.165) is 0 Å². The summed E-state index contributed by atoms with van der Waals surface area (Å²) in [6.45, 7) is 5.60. The molecule has 3 rings (SSSR count). The molecule has 11 heteroatoms. The number of benzene rings is 3. The van der Waals surface area contributed by atoms with E-state index in [1.54, 1.807) is 49.4 Å². The molecule has 0 saturated heterocycles. The Morgan fingerprint density at radius 1 is 0.976 bits per heavy atom. The highest BCUT2D eigenvalue weighted by Crippen LogP contribution is 2.33. The fourth-order valence-corrected chi connectivity index (χ4v) is 3.78. The molecule has 0 fully saturated rings. The molecular formula is C30H30ClFN4O5. The second kappa shape index (κ2) is 15.8. The third-order valence-electron chi connectivity index (χ3n) is 5.42. The van der Waals surface area contributed by atoms with Gasteiger partial charge in [0, 0.05) is 24.1 Å². The van der Waals surface area contributed by atoms with Gasteiger partial charge in [-0.2, -0.15) is 5.10 Å². The monoisotopic (exact) mass is 580 g/mol. The summed E-state index contributed by atoms with van der Waals surface area (Å²) in [6.07, 6.45) is 3.38. The first kappa shape index (κ1) is 30.8. The van der Waals surface area contributed by atoms with E-state index in [1.165, 1.54) is 30.5 Å². The van der Waals surface area contributed by atoms with Crippen LogP contribution in [0.3, 0.4) is 0 Å². The third-order valence-corrected chi connectivity index (χ3v) is 5.75. The minimum Gasteiger partial charge on any atom is -0.490 e. The van der Waals surface area contributed by atoms with E-state index in [1.807, 2.05) is 0 Å². The topological polar surface area (TPSA) is 118 Å². The molecule has 41 heavy (non-hydrogen) atoms. The average Bonchev–Trinajstić information content (AvgIpc) is 2.94. The number of allylic oxidation sites excluding steroid dienone is 1. The highest BCUT2D eigenvalue weighted by molar-refractivity contribution is 6.33. The number of hydrogen-bond acceptors (Lipinski definition) is 6. The van der Waals surface area contributed by atoms with Gasteiger partial charge in [-0.1, -0.05) is 29.8 Å². The zero-order valence-electron chi connectivity index (χ0n) is 22.4. The van der Waals surface area contributed by atoms with Gasteiger partial charge in [0.25, 0.3) is 5.91 Å². The molecule has 9 nitrogen and oxygen atoms in total. The van der Waals surface area contributed by atoms with E-state index >= 15 is 0 Å². The van der Waals surface area contributed by atoms with E-state index < -0.39 is 17.6 Å². The lowest BCUT2D eigenvalue weighted by Gasteiger charge is -2.16. The molecule has 0 aliphatic carbocycles. The standard InChI is InChI=1S/C30H30ClFN4O5/c1-3-7-21-16-20(18-33-36-28(38)15-14-27(37)35-25-9-6-5-8-24(25)31)17-26(40-4-2)30(21)41-19-29(39)34-23-12-10-22(32)11-13-23/h3,5-6,8-13,16-18H,1,4,7,14-15,19H2,2H3,(H,34,39)(H,35,37)(H,36,38). The molecule has 0 unspecified atom stereocenters. The highest BCUT2D eigenvalue weighted by Gasteiger charge is 2.15. The Kier molecular flexibility index (Phi) is 11.9. The van der Waals surface area contributed by atoms with Crippen molar-refractivity contribution >= 4 is 46.9 Å². The normalized spacial score (nSPS) is 10.6. The van der Waals surface area contributed by atoms with Crippen LogP contribution in [0.5, 0.6) is 11.5 Å². The number of anilines is 2. The maximum atomic E-state index is 13.1. The predicted octanol–water partition coefficient (Wildman–Crippen LogP) is 5.49. The number of amides is 3. The second-order valence-corrected chi connectivity index (χ2v) is 9.01. The number of para-hydroxylation sites is 1. The lowest BCUT2D eigenvalue weighted by Crippen LogP contribution is -2.21. The largest absolute Gasteiger partial charge is 0.490 e.